The van der Waals surface area contributed by atoms with E-state index in [-0.39, 0.29) is 22.5 Å². The quantitative estimate of drug-likeness (QED) is 0.865. The highest BCUT2D eigenvalue weighted by molar-refractivity contribution is 5.91. The summed E-state index contributed by atoms with van der Waals surface area (Å²) in [5.74, 6) is -0.613. The van der Waals surface area contributed by atoms with Gasteiger partial charge in [0.25, 0.3) is 0 Å². The van der Waals surface area contributed by atoms with Gasteiger partial charge in [0.05, 0.1) is 18.2 Å². The van der Waals surface area contributed by atoms with Crippen molar-refractivity contribution in [3.63, 3.8) is 0 Å². The molecule has 2 N–H and O–H groups in total. The first-order valence-corrected chi connectivity index (χ1v) is 5.84. The molecule has 0 radical (unpaired) electrons. The number of pyridine rings is 1. The van der Waals surface area contributed by atoms with Crippen LogP contribution in [0, 0.1) is 0 Å². The summed E-state index contributed by atoms with van der Waals surface area (Å²) >= 11 is 0. The molecule has 0 amide bonds. The molecule has 0 saturated carbocycles. The monoisotopic (exact) mass is 296 g/mol. The number of halogens is 3. The van der Waals surface area contributed by atoms with Crippen LogP contribution >= 0.6 is 0 Å². The first-order valence-electron chi connectivity index (χ1n) is 5.84. The third-order valence-corrected chi connectivity index (χ3v) is 2.84. The van der Waals surface area contributed by atoms with Crippen molar-refractivity contribution in [1.29, 1.82) is 0 Å². The minimum atomic E-state index is -4.46. The highest BCUT2D eigenvalue weighted by atomic mass is 19.4. The summed E-state index contributed by atoms with van der Waals surface area (Å²) in [7, 11) is 1.20. The number of aromatic nitrogens is 1. The van der Waals surface area contributed by atoms with Crippen LogP contribution in [-0.2, 0) is 10.9 Å². The van der Waals surface area contributed by atoms with Crippen molar-refractivity contribution in [3.8, 4) is 11.1 Å². The predicted molar refractivity (Wildman–Crippen MR) is 70.4 cm³/mol. The second kappa shape index (κ2) is 5.43. The number of hydrogen-bond donors (Lipinski definition) is 1. The fourth-order valence-corrected chi connectivity index (χ4v) is 1.80. The number of esters is 1. The highest BCUT2D eigenvalue weighted by Gasteiger charge is 2.30. The fraction of sp³-hybridized carbons (Fsp3) is 0.143. The topological polar surface area (TPSA) is 65.2 Å². The molecule has 0 aliphatic rings. The minimum absolute atomic E-state index is 0.0296. The van der Waals surface area contributed by atoms with Crippen molar-refractivity contribution >= 4 is 11.8 Å². The Hall–Kier alpha value is -2.57. The molecule has 0 aliphatic carbocycles. The van der Waals surface area contributed by atoms with Crippen molar-refractivity contribution < 1.29 is 22.7 Å². The van der Waals surface area contributed by atoms with Crippen LogP contribution in [-0.4, -0.2) is 18.1 Å². The maximum Gasteiger partial charge on any atom is 0.416 e. The van der Waals surface area contributed by atoms with Crippen LogP contribution in [0.15, 0.2) is 36.5 Å². The zero-order valence-corrected chi connectivity index (χ0v) is 10.9. The van der Waals surface area contributed by atoms with E-state index in [0.29, 0.717) is 0 Å². The molecule has 0 saturated heterocycles. The molecular formula is C14H11F3N2O2. The number of nitrogen functional groups attached to an aromatic ring is 1. The third-order valence-electron chi connectivity index (χ3n) is 2.84. The highest BCUT2D eigenvalue weighted by Crippen LogP contribution is 2.33. The van der Waals surface area contributed by atoms with E-state index in [1.165, 1.54) is 31.5 Å². The Labute approximate surface area is 118 Å². The number of nitrogens with two attached hydrogens (primary N) is 1. The van der Waals surface area contributed by atoms with E-state index in [0.717, 1.165) is 12.1 Å². The Balaban J connectivity index is 2.54. The molecule has 4 nitrogen and oxygen atoms in total. The lowest BCUT2D eigenvalue weighted by Gasteiger charge is -2.11. The smallest absolute Gasteiger partial charge is 0.416 e. The van der Waals surface area contributed by atoms with Crippen LogP contribution in [0.2, 0.25) is 0 Å². The van der Waals surface area contributed by atoms with E-state index in [1.807, 2.05) is 0 Å². The van der Waals surface area contributed by atoms with Gasteiger partial charge in [0.1, 0.15) is 5.82 Å². The second-order valence-electron chi connectivity index (χ2n) is 4.23. The number of hydrogen-bond acceptors (Lipinski definition) is 4. The third kappa shape index (κ3) is 3.13. The number of rotatable bonds is 2. The van der Waals surface area contributed by atoms with Gasteiger partial charge in [-0.1, -0.05) is 12.1 Å². The van der Waals surface area contributed by atoms with E-state index in [2.05, 4.69) is 9.72 Å². The summed E-state index contributed by atoms with van der Waals surface area (Å²) in [6.07, 6.45) is -3.25. The lowest BCUT2D eigenvalue weighted by molar-refractivity contribution is -0.137. The maximum absolute atomic E-state index is 12.7. The molecule has 0 fully saturated rings. The number of anilines is 1. The molecule has 1 aromatic heterocycles. The molecule has 21 heavy (non-hydrogen) atoms. The zero-order valence-electron chi connectivity index (χ0n) is 10.9. The molecule has 110 valence electrons. The number of benzene rings is 1. The molecule has 0 spiro atoms. The molecule has 0 unspecified atom stereocenters. The van der Waals surface area contributed by atoms with Gasteiger partial charge in [-0.3, -0.25) is 0 Å². The Kier molecular flexibility index (Phi) is 3.84. The Morgan fingerprint density at radius 3 is 2.62 bits per heavy atom. The van der Waals surface area contributed by atoms with E-state index in [4.69, 9.17) is 5.73 Å². The molecule has 0 atom stereocenters. The van der Waals surface area contributed by atoms with Gasteiger partial charge < -0.3 is 10.5 Å². The summed E-state index contributed by atoms with van der Waals surface area (Å²) in [5.41, 5.74) is 5.45. The lowest BCUT2D eigenvalue weighted by Crippen LogP contribution is -2.06. The van der Waals surface area contributed by atoms with Crippen molar-refractivity contribution in [2.75, 3.05) is 12.8 Å². The van der Waals surface area contributed by atoms with Crippen LogP contribution < -0.4 is 5.73 Å². The summed E-state index contributed by atoms with van der Waals surface area (Å²) in [5, 5.41) is 0. The largest absolute Gasteiger partial charge is 0.465 e. The normalized spacial score (nSPS) is 11.2. The zero-order chi connectivity index (χ0) is 15.6. The van der Waals surface area contributed by atoms with Gasteiger partial charge in [0.15, 0.2) is 0 Å². The van der Waals surface area contributed by atoms with Crippen LogP contribution in [0.5, 0.6) is 0 Å². The van der Waals surface area contributed by atoms with Crippen molar-refractivity contribution in [3.05, 3.63) is 47.7 Å². The van der Waals surface area contributed by atoms with Gasteiger partial charge in [-0.05, 0) is 23.8 Å². The molecule has 0 aliphatic heterocycles. The van der Waals surface area contributed by atoms with Crippen LogP contribution in [0.3, 0.4) is 0 Å². The van der Waals surface area contributed by atoms with Gasteiger partial charge in [-0.2, -0.15) is 13.2 Å². The minimum Gasteiger partial charge on any atom is -0.465 e. The first-order chi connectivity index (χ1) is 9.82. The molecular weight excluding hydrogens is 285 g/mol. The standard InChI is InChI=1S/C14H11F3N2O2/c1-21-13(20)9-6-11(12(18)19-7-9)8-3-2-4-10(5-8)14(15,16)17/h2-7H,1H3,(H2,18,19). The number of alkyl halides is 3. The van der Waals surface area contributed by atoms with Gasteiger partial charge >= 0.3 is 12.1 Å². The van der Waals surface area contributed by atoms with Gasteiger partial charge in [-0.25, -0.2) is 9.78 Å². The fourth-order valence-electron chi connectivity index (χ4n) is 1.80. The maximum atomic E-state index is 12.7. The van der Waals surface area contributed by atoms with Gasteiger partial charge in [0.2, 0.25) is 0 Å². The van der Waals surface area contributed by atoms with Gasteiger partial charge in [0, 0.05) is 11.8 Å². The average Bonchev–Trinajstić information content (AvgIpc) is 2.46. The first kappa shape index (κ1) is 14.8. The van der Waals surface area contributed by atoms with E-state index >= 15 is 0 Å². The summed E-state index contributed by atoms with van der Waals surface area (Å²) in [6.45, 7) is 0. The van der Waals surface area contributed by atoms with Gasteiger partial charge in [-0.15, -0.1) is 0 Å². The molecule has 2 aromatic rings. The van der Waals surface area contributed by atoms with E-state index in [9.17, 15) is 18.0 Å². The Bertz CT molecular complexity index is 684. The van der Waals surface area contributed by atoms with Crippen LogP contribution in [0.25, 0.3) is 11.1 Å². The second-order valence-corrected chi connectivity index (χ2v) is 4.23. The van der Waals surface area contributed by atoms with E-state index in [1.54, 1.807) is 0 Å². The van der Waals surface area contributed by atoms with E-state index < -0.39 is 17.7 Å². The predicted octanol–water partition coefficient (Wildman–Crippen LogP) is 3.14. The SMILES string of the molecule is COC(=O)c1cnc(N)c(-c2cccc(C(F)(F)F)c2)c1. The van der Waals surface area contributed by atoms with Crippen molar-refractivity contribution in [1.82, 2.24) is 4.98 Å². The molecule has 1 aromatic carbocycles. The van der Waals surface area contributed by atoms with Crippen LogP contribution in [0.1, 0.15) is 15.9 Å². The summed E-state index contributed by atoms with van der Waals surface area (Å²) in [4.78, 5) is 15.3. The summed E-state index contributed by atoms with van der Waals surface area (Å²) in [6, 6.07) is 5.99. The molecule has 1 heterocycles. The summed E-state index contributed by atoms with van der Waals surface area (Å²) < 4.78 is 42.7. The van der Waals surface area contributed by atoms with Crippen molar-refractivity contribution in [2.45, 2.75) is 6.18 Å². The average molecular weight is 296 g/mol. The number of nitrogens with zero attached hydrogens (tertiary/aromatic N) is 1. The number of carbonyl (C=O) groups excluding carboxylic acids is 1. The lowest BCUT2D eigenvalue weighted by atomic mass is 10.0. The molecule has 0 bridgehead atoms. The number of methoxy groups -OCH3 is 1. The van der Waals surface area contributed by atoms with Crippen LogP contribution in [0.4, 0.5) is 19.0 Å². The molecule has 2 rings (SSSR count). The van der Waals surface area contributed by atoms with Crippen molar-refractivity contribution in [2.24, 2.45) is 0 Å². The Morgan fingerprint density at radius 1 is 1.29 bits per heavy atom. The molecule has 7 heteroatoms. The Morgan fingerprint density at radius 2 is 2.00 bits per heavy atom. The number of carbonyl (C=O) groups is 1. The number of ether oxygens (including phenoxy) is 1.